The van der Waals surface area contributed by atoms with E-state index >= 15 is 0 Å². The predicted molar refractivity (Wildman–Crippen MR) is 60.9 cm³/mol. The summed E-state index contributed by atoms with van der Waals surface area (Å²) in [6.07, 6.45) is 2.95. The Balaban J connectivity index is 2.18. The average Bonchev–Trinajstić information content (AvgIpc) is 2.82. The number of aryl methyl sites for hydroxylation is 2. The molecule has 2 heterocycles. The normalized spacial score (nSPS) is 14.1. The van der Waals surface area contributed by atoms with Gasteiger partial charge in [0.1, 0.15) is 0 Å². The minimum atomic E-state index is 0.0607. The molecule has 0 amide bonds. The van der Waals surface area contributed by atoms with Crippen molar-refractivity contribution < 1.29 is 0 Å². The summed E-state index contributed by atoms with van der Waals surface area (Å²) < 4.78 is 1.55. The number of aromatic amines is 1. The van der Waals surface area contributed by atoms with Crippen molar-refractivity contribution >= 4 is 0 Å². The Morgan fingerprint density at radius 2 is 2.25 bits per heavy atom. The van der Waals surface area contributed by atoms with E-state index in [1.165, 1.54) is 0 Å². The molecular formula is C12H13N3O. The summed E-state index contributed by atoms with van der Waals surface area (Å²) in [5, 5.41) is 3.15. The van der Waals surface area contributed by atoms with E-state index in [0.29, 0.717) is 5.82 Å². The van der Waals surface area contributed by atoms with Crippen LogP contribution in [0.4, 0.5) is 0 Å². The van der Waals surface area contributed by atoms with Crippen molar-refractivity contribution in [2.45, 2.75) is 26.2 Å². The van der Waals surface area contributed by atoms with Crippen molar-refractivity contribution in [3.8, 4) is 5.82 Å². The number of nitrogens with one attached hydrogen (secondary N) is 1. The predicted octanol–water partition coefficient (Wildman–Crippen LogP) is 1.36. The molecule has 4 heteroatoms. The topological polar surface area (TPSA) is 50.7 Å². The first kappa shape index (κ1) is 9.39. The van der Waals surface area contributed by atoms with Gasteiger partial charge in [-0.3, -0.25) is 9.89 Å². The molecule has 0 fully saturated rings. The summed E-state index contributed by atoms with van der Waals surface area (Å²) in [5.41, 5.74) is 2.99. The maximum absolute atomic E-state index is 12.1. The molecule has 0 unspecified atom stereocenters. The maximum Gasteiger partial charge on any atom is 0.276 e. The van der Waals surface area contributed by atoms with Crippen molar-refractivity contribution in [1.29, 1.82) is 0 Å². The monoisotopic (exact) mass is 215 g/mol. The van der Waals surface area contributed by atoms with Crippen LogP contribution >= 0.6 is 0 Å². The Morgan fingerprint density at radius 3 is 3.00 bits per heavy atom. The lowest BCUT2D eigenvalue weighted by Crippen LogP contribution is -2.18. The highest BCUT2D eigenvalue weighted by Crippen LogP contribution is 2.17. The molecule has 0 aromatic carbocycles. The first-order valence-electron chi connectivity index (χ1n) is 5.52. The number of H-pyrrole nitrogens is 1. The van der Waals surface area contributed by atoms with Crippen molar-refractivity contribution in [3.63, 3.8) is 0 Å². The first-order chi connectivity index (χ1) is 7.75. The van der Waals surface area contributed by atoms with Crippen LogP contribution in [0.1, 0.15) is 23.4 Å². The Kier molecular flexibility index (Phi) is 1.96. The molecule has 3 rings (SSSR count). The molecular weight excluding hydrogens is 202 g/mol. The van der Waals surface area contributed by atoms with E-state index in [1.54, 1.807) is 4.68 Å². The summed E-state index contributed by atoms with van der Waals surface area (Å²) in [4.78, 5) is 16.4. The van der Waals surface area contributed by atoms with Crippen molar-refractivity contribution in [2.75, 3.05) is 0 Å². The molecule has 2 aromatic rings. The van der Waals surface area contributed by atoms with Gasteiger partial charge >= 0.3 is 0 Å². The highest BCUT2D eigenvalue weighted by atomic mass is 16.1. The lowest BCUT2D eigenvalue weighted by molar-refractivity contribution is 0.760. The van der Waals surface area contributed by atoms with Gasteiger partial charge in [-0.25, -0.2) is 9.67 Å². The maximum atomic E-state index is 12.1. The third-order valence-electron chi connectivity index (χ3n) is 3.03. The quantitative estimate of drug-likeness (QED) is 0.780. The summed E-state index contributed by atoms with van der Waals surface area (Å²) >= 11 is 0. The Hall–Kier alpha value is -1.84. The average molecular weight is 215 g/mol. The number of fused-ring (bicyclic) bond motifs is 1. The van der Waals surface area contributed by atoms with E-state index in [1.807, 2.05) is 25.1 Å². The number of rotatable bonds is 1. The summed E-state index contributed by atoms with van der Waals surface area (Å²) in [6, 6.07) is 5.68. The summed E-state index contributed by atoms with van der Waals surface area (Å²) in [7, 11) is 0. The number of nitrogens with zero attached hydrogens (tertiary/aromatic N) is 2. The second-order valence-corrected chi connectivity index (χ2v) is 4.20. The molecule has 0 bridgehead atoms. The van der Waals surface area contributed by atoms with Gasteiger partial charge in [-0.2, -0.15) is 0 Å². The van der Waals surface area contributed by atoms with E-state index in [2.05, 4.69) is 10.1 Å². The van der Waals surface area contributed by atoms with Crippen LogP contribution in [0.25, 0.3) is 5.82 Å². The first-order valence-corrected chi connectivity index (χ1v) is 5.52. The van der Waals surface area contributed by atoms with Crippen LogP contribution in [0.15, 0.2) is 23.0 Å². The second-order valence-electron chi connectivity index (χ2n) is 4.20. The van der Waals surface area contributed by atoms with Crippen molar-refractivity contribution in [1.82, 2.24) is 14.8 Å². The molecule has 16 heavy (non-hydrogen) atoms. The van der Waals surface area contributed by atoms with Gasteiger partial charge in [0.25, 0.3) is 5.56 Å². The van der Waals surface area contributed by atoms with E-state index < -0.39 is 0 Å². The fourth-order valence-corrected chi connectivity index (χ4v) is 2.24. The van der Waals surface area contributed by atoms with Gasteiger partial charge in [-0.1, -0.05) is 6.07 Å². The lowest BCUT2D eigenvalue weighted by atomic mass is 10.3. The number of hydrogen-bond acceptors (Lipinski definition) is 2. The number of hydrogen-bond donors (Lipinski definition) is 1. The van der Waals surface area contributed by atoms with Gasteiger partial charge < -0.3 is 0 Å². The highest BCUT2D eigenvalue weighted by Gasteiger charge is 2.19. The fraction of sp³-hybridized carbons (Fsp3) is 0.333. The minimum absolute atomic E-state index is 0.0607. The van der Waals surface area contributed by atoms with Gasteiger partial charge in [-0.05, 0) is 38.3 Å². The van der Waals surface area contributed by atoms with Gasteiger partial charge in [0, 0.05) is 17.0 Å². The molecule has 1 aliphatic carbocycles. The van der Waals surface area contributed by atoms with Crippen LogP contribution in [0, 0.1) is 6.92 Å². The molecule has 2 aromatic heterocycles. The Morgan fingerprint density at radius 1 is 1.38 bits per heavy atom. The molecule has 4 nitrogen and oxygen atoms in total. The van der Waals surface area contributed by atoms with Crippen LogP contribution in [-0.2, 0) is 12.8 Å². The molecule has 82 valence electrons. The smallest absolute Gasteiger partial charge is 0.276 e. The van der Waals surface area contributed by atoms with Crippen molar-refractivity contribution in [2.24, 2.45) is 0 Å². The molecule has 0 atom stereocenters. The molecule has 0 saturated heterocycles. The third kappa shape index (κ3) is 1.30. The van der Waals surface area contributed by atoms with Crippen LogP contribution in [0.3, 0.4) is 0 Å². The lowest BCUT2D eigenvalue weighted by Gasteiger charge is -2.01. The molecule has 0 spiro atoms. The van der Waals surface area contributed by atoms with Crippen LogP contribution in [0.2, 0.25) is 0 Å². The fourth-order valence-electron chi connectivity index (χ4n) is 2.24. The van der Waals surface area contributed by atoms with Gasteiger partial charge in [0.05, 0.1) is 0 Å². The molecule has 0 radical (unpaired) electrons. The number of aromatic nitrogens is 3. The third-order valence-corrected chi connectivity index (χ3v) is 3.03. The largest absolute Gasteiger partial charge is 0.293 e. The molecule has 1 N–H and O–H groups in total. The summed E-state index contributed by atoms with van der Waals surface area (Å²) in [5.74, 6) is 0.680. The summed E-state index contributed by atoms with van der Waals surface area (Å²) in [6.45, 7) is 1.92. The van der Waals surface area contributed by atoms with Gasteiger partial charge in [-0.15, -0.1) is 0 Å². The van der Waals surface area contributed by atoms with Crippen molar-refractivity contribution in [3.05, 3.63) is 45.5 Å². The minimum Gasteiger partial charge on any atom is -0.293 e. The Bertz CT molecular complexity index is 595. The molecule has 0 aliphatic heterocycles. The molecule has 1 aliphatic rings. The van der Waals surface area contributed by atoms with Gasteiger partial charge in [0.2, 0.25) is 0 Å². The van der Waals surface area contributed by atoms with E-state index in [9.17, 15) is 4.79 Å². The van der Waals surface area contributed by atoms with Crippen LogP contribution < -0.4 is 5.56 Å². The Labute approximate surface area is 92.9 Å². The zero-order chi connectivity index (χ0) is 11.1. The highest BCUT2D eigenvalue weighted by molar-refractivity contribution is 5.29. The van der Waals surface area contributed by atoms with Gasteiger partial charge in [0.15, 0.2) is 5.82 Å². The molecule has 0 saturated carbocycles. The zero-order valence-corrected chi connectivity index (χ0v) is 9.16. The van der Waals surface area contributed by atoms with Crippen LogP contribution in [-0.4, -0.2) is 14.8 Å². The second kappa shape index (κ2) is 3.33. The number of pyridine rings is 1. The van der Waals surface area contributed by atoms with E-state index in [4.69, 9.17) is 0 Å². The zero-order valence-electron chi connectivity index (χ0n) is 9.16. The van der Waals surface area contributed by atoms with E-state index in [-0.39, 0.29) is 5.56 Å². The standard InChI is InChI=1S/C12H13N3O/c1-8-4-2-7-11(13-8)15-12(16)9-5-3-6-10(9)14-15/h2,4,7,14H,3,5-6H2,1H3. The SMILES string of the molecule is Cc1cccc(-n2[nH]c3c(c2=O)CCC3)n1. The van der Waals surface area contributed by atoms with E-state index in [0.717, 1.165) is 36.2 Å². The van der Waals surface area contributed by atoms with Crippen LogP contribution in [0.5, 0.6) is 0 Å².